The molecule has 2 aromatic rings. The summed E-state index contributed by atoms with van der Waals surface area (Å²) in [7, 11) is 1.89. The van der Waals surface area contributed by atoms with Gasteiger partial charge in [-0.2, -0.15) is 5.10 Å². The highest BCUT2D eigenvalue weighted by molar-refractivity contribution is 7.12. The molecule has 0 radical (unpaired) electrons. The fourth-order valence-electron chi connectivity index (χ4n) is 1.79. The summed E-state index contributed by atoms with van der Waals surface area (Å²) in [4.78, 5) is 7.04. The molecule has 2 heterocycles. The minimum atomic E-state index is 0.251. The van der Waals surface area contributed by atoms with E-state index in [1.54, 1.807) is 11.0 Å². The minimum absolute atomic E-state index is 0.251. The van der Waals surface area contributed by atoms with E-state index in [1.165, 1.54) is 9.75 Å². The third-order valence-electron chi connectivity index (χ3n) is 2.87. The van der Waals surface area contributed by atoms with E-state index in [9.17, 15) is 0 Å². The van der Waals surface area contributed by atoms with Gasteiger partial charge in [-0.15, -0.1) is 11.3 Å². The third-order valence-corrected chi connectivity index (χ3v) is 4.38. The van der Waals surface area contributed by atoms with Crippen LogP contribution in [0, 0.1) is 0 Å². The van der Waals surface area contributed by atoms with E-state index < -0.39 is 0 Å². The molecule has 0 aliphatic carbocycles. The van der Waals surface area contributed by atoms with Crippen LogP contribution in [0.1, 0.15) is 36.3 Å². The number of nitrogens with zero attached hydrogens (tertiary/aromatic N) is 3. The Hall–Kier alpha value is -1.20. The summed E-state index contributed by atoms with van der Waals surface area (Å²) in [6.45, 7) is 8.59. The summed E-state index contributed by atoms with van der Waals surface area (Å²) in [5, 5.41) is 7.71. The van der Waals surface area contributed by atoms with E-state index in [0.717, 1.165) is 25.3 Å². The van der Waals surface area contributed by atoms with E-state index in [4.69, 9.17) is 0 Å². The molecule has 104 valence electrons. The van der Waals surface area contributed by atoms with Crippen molar-refractivity contribution in [1.29, 1.82) is 0 Å². The Morgan fingerprint density at radius 2 is 2.11 bits per heavy atom. The predicted octanol–water partition coefficient (Wildman–Crippen LogP) is 2.51. The second kappa shape index (κ2) is 5.84. The Bertz CT molecular complexity index is 522. The molecule has 0 atom stereocenters. The van der Waals surface area contributed by atoms with Gasteiger partial charge in [0.05, 0.1) is 0 Å². The molecule has 0 aliphatic rings. The smallest absolute Gasteiger partial charge is 0.151 e. The van der Waals surface area contributed by atoms with Crippen molar-refractivity contribution in [3.8, 4) is 0 Å². The summed E-state index contributed by atoms with van der Waals surface area (Å²) in [5.74, 6) is 0.900. The molecule has 5 heteroatoms. The molecule has 1 N–H and O–H groups in total. The lowest BCUT2D eigenvalue weighted by molar-refractivity contribution is 0.604. The van der Waals surface area contributed by atoms with Crippen LogP contribution in [0.5, 0.6) is 0 Å². The number of hydrogen-bond acceptors (Lipinski definition) is 4. The number of rotatable bonds is 5. The van der Waals surface area contributed by atoms with Crippen molar-refractivity contribution < 1.29 is 0 Å². The zero-order valence-corrected chi connectivity index (χ0v) is 12.9. The Morgan fingerprint density at radius 3 is 2.68 bits per heavy atom. The van der Waals surface area contributed by atoms with Crippen molar-refractivity contribution in [2.75, 3.05) is 6.54 Å². The van der Waals surface area contributed by atoms with Gasteiger partial charge in [-0.25, -0.2) is 4.98 Å². The van der Waals surface area contributed by atoms with Gasteiger partial charge in [-0.05, 0) is 17.5 Å². The monoisotopic (exact) mass is 278 g/mol. The lowest BCUT2D eigenvalue weighted by atomic mass is 9.95. The zero-order chi connectivity index (χ0) is 13.9. The van der Waals surface area contributed by atoms with Gasteiger partial charge in [0.2, 0.25) is 0 Å². The fraction of sp³-hybridized carbons (Fsp3) is 0.571. The first-order valence-electron chi connectivity index (χ1n) is 6.59. The van der Waals surface area contributed by atoms with Crippen LogP contribution in [-0.4, -0.2) is 21.3 Å². The van der Waals surface area contributed by atoms with Crippen LogP contribution in [0.15, 0.2) is 18.5 Å². The van der Waals surface area contributed by atoms with Gasteiger partial charge in [-0.3, -0.25) is 4.68 Å². The van der Waals surface area contributed by atoms with Crippen LogP contribution in [-0.2, 0) is 25.4 Å². The third kappa shape index (κ3) is 4.14. The van der Waals surface area contributed by atoms with E-state index in [0.29, 0.717) is 0 Å². The zero-order valence-electron chi connectivity index (χ0n) is 12.1. The first-order chi connectivity index (χ1) is 8.95. The number of aryl methyl sites for hydroxylation is 1. The molecule has 0 aliphatic heterocycles. The van der Waals surface area contributed by atoms with E-state index in [2.05, 4.69) is 48.3 Å². The van der Waals surface area contributed by atoms with Crippen LogP contribution in [0.4, 0.5) is 0 Å². The van der Waals surface area contributed by atoms with Gasteiger partial charge in [0, 0.05) is 36.3 Å². The van der Waals surface area contributed by atoms with Crippen LogP contribution in [0.3, 0.4) is 0 Å². The van der Waals surface area contributed by atoms with Gasteiger partial charge in [0.25, 0.3) is 0 Å². The maximum atomic E-state index is 4.26. The van der Waals surface area contributed by atoms with Gasteiger partial charge in [0.15, 0.2) is 5.82 Å². The molecule has 0 aromatic carbocycles. The lowest BCUT2D eigenvalue weighted by Crippen LogP contribution is -2.16. The van der Waals surface area contributed by atoms with E-state index in [1.807, 2.05) is 18.4 Å². The largest absolute Gasteiger partial charge is 0.311 e. The highest BCUT2D eigenvalue weighted by Crippen LogP contribution is 2.29. The van der Waals surface area contributed by atoms with Crippen LogP contribution in [0.2, 0.25) is 0 Å². The second-order valence-electron chi connectivity index (χ2n) is 5.78. The fourth-order valence-corrected chi connectivity index (χ4v) is 2.82. The minimum Gasteiger partial charge on any atom is -0.311 e. The molecule has 0 saturated heterocycles. The Morgan fingerprint density at radius 1 is 1.32 bits per heavy atom. The maximum Gasteiger partial charge on any atom is 0.151 e. The first kappa shape index (κ1) is 14.2. The first-order valence-corrected chi connectivity index (χ1v) is 7.41. The molecule has 0 fully saturated rings. The Kier molecular flexibility index (Phi) is 4.37. The van der Waals surface area contributed by atoms with Gasteiger partial charge < -0.3 is 5.32 Å². The van der Waals surface area contributed by atoms with Gasteiger partial charge in [0.1, 0.15) is 6.33 Å². The predicted molar refractivity (Wildman–Crippen MR) is 79.4 cm³/mol. The van der Waals surface area contributed by atoms with E-state index >= 15 is 0 Å². The van der Waals surface area contributed by atoms with Crippen LogP contribution < -0.4 is 5.32 Å². The molecular weight excluding hydrogens is 256 g/mol. The standard InChI is InChI=1S/C14H22N4S/c1-14(2,3)12-6-5-11(19-12)9-15-8-7-13-16-10-18(4)17-13/h5-6,10,15H,7-9H2,1-4H3. The number of nitrogens with one attached hydrogen (secondary N) is 1. The summed E-state index contributed by atoms with van der Waals surface area (Å²) in [5.41, 5.74) is 0.251. The summed E-state index contributed by atoms with van der Waals surface area (Å²) in [6, 6.07) is 4.46. The normalized spacial score (nSPS) is 12.0. The highest BCUT2D eigenvalue weighted by atomic mass is 32.1. The van der Waals surface area contributed by atoms with Crippen molar-refractivity contribution in [3.63, 3.8) is 0 Å². The second-order valence-corrected chi connectivity index (χ2v) is 6.95. The highest BCUT2D eigenvalue weighted by Gasteiger charge is 2.15. The number of thiophene rings is 1. The average molecular weight is 278 g/mol. The molecule has 2 rings (SSSR count). The summed E-state index contributed by atoms with van der Waals surface area (Å²) < 4.78 is 1.74. The topological polar surface area (TPSA) is 42.7 Å². The van der Waals surface area contributed by atoms with Crippen molar-refractivity contribution in [3.05, 3.63) is 34.0 Å². The van der Waals surface area contributed by atoms with Crippen molar-refractivity contribution in [2.24, 2.45) is 7.05 Å². The molecule has 19 heavy (non-hydrogen) atoms. The molecule has 0 bridgehead atoms. The van der Waals surface area contributed by atoms with Gasteiger partial charge in [-0.1, -0.05) is 20.8 Å². The van der Waals surface area contributed by atoms with E-state index in [-0.39, 0.29) is 5.41 Å². The molecule has 4 nitrogen and oxygen atoms in total. The number of aromatic nitrogens is 3. The molecular formula is C14H22N4S. The van der Waals surface area contributed by atoms with Crippen molar-refractivity contribution >= 4 is 11.3 Å². The van der Waals surface area contributed by atoms with Crippen molar-refractivity contribution in [1.82, 2.24) is 20.1 Å². The summed E-state index contributed by atoms with van der Waals surface area (Å²) >= 11 is 1.89. The van der Waals surface area contributed by atoms with Crippen molar-refractivity contribution in [2.45, 2.75) is 39.2 Å². The lowest BCUT2D eigenvalue weighted by Gasteiger charge is -2.15. The maximum absolute atomic E-state index is 4.26. The Labute approximate surface area is 118 Å². The van der Waals surface area contributed by atoms with Gasteiger partial charge >= 0.3 is 0 Å². The molecule has 0 amide bonds. The average Bonchev–Trinajstić information content (AvgIpc) is 2.93. The number of hydrogen-bond donors (Lipinski definition) is 1. The molecule has 0 unspecified atom stereocenters. The molecule has 0 saturated carbocycles. The summed E-state index contributed by atoms with van der Waals surface area (Å²) in [6.07, 6.45) is 2.61. The van der Waals surface area contributed by atoms with Crippen LogP contribution >= 0.6 is 11.3 Å². The quantitative estimate of drug-likeness (QED) is 0.855. The Balaban J connectivity index is 1.75. The van der Waals surface area contributed by atoms with Crippen LogP contribution in [0.25, 0.3) is 0 Å². The SMILES string of the molecule is Cn1cnc(CCNCc2ccc(C(C)(C)C)s2)n1. The molecule has 0 spiro atoms. The molecule has 2 aromatic heterocycles.